The van der Waals surface area contributed by atoms with Crippen LogP contribution in [0.25, 0.3) is 11.0 Å². The summed E-state index contributed by atoms with van der Waals surface area (Å²) < 4.78 is 5.23. The van der Waals surface area contributed by atoms with Crippen LogP contribution < -0.4 is 15.4 Å². The summed E-state index contributed by atoms with van der Waals surface area (Å²) in [6.45, 7) is 3.39. The molecule has 134 valence electrons. The zero-order valence-corrected chi connectivity index (χ0v) is 14.5. The molecule has 25 heavy (non-hydrogen) atoms. The van der Waals surface area contributed by atoms with Gasteiger partial charge in [-0.25, -0.2) is 9.78 Å². The van der Waals surface area contributed by atoms with E-state index in [9.17, 15) is 4.79 Å². The average molecular weight is 343 g/mol. The van der Waals surface area contributed by atoms with E-state index in [1.165, 1.54) is 6.42 Å². The number of H-pyrrole nitrogens is 1. The Balaban J connectivity index is 1.33. The molecule has 0 unspecified atom stereocenters. The quantitative estimate of drug-likeness (QED) is 0.786. The Kier molecular flexibility index (Phi) is 4.48. The first-order valence-corrected chi connectivity index (χ1v) is 9.01. The Hall–Kier alpha value is -2.28. The van der Waals surface area contributed by atoms with Crippen LogP contribution in [-0.4, -0.2) is 60.2 Å². The molecule has 2 amide bonds. The lowest BCUT2D eigenvalue weighted by atomic mass is 9.95. The van der Waals surface area contributed by atoms with Crippen LogP contribution in [-0.2, 0) is 6.42 Å². The highest BCUT2D eigenvalue weighted by Gasteiger charge is 2.33. The number of nitrogens with zero attached hydrogens (tertiary/aromatic N) is 2. The molecule has 2 atom stereocenters. The van der Waals surface area contributed by atoms with Gasteiger partial charge in [0.25, 0.3) is 0 Å². The number of hydrogen-bond donors (Lipinski definition) is 3. The Labute approximate surface area is 147 Å². The summed E-state index contributed by atoms with van der Waals surface area (Å²) in [5.74, 6) is 2.28. The molecule has 0 radical (unpaired) electrons. The van der Waals surface area contributed by atoms with Gasteiger partial charge in [-0.2, -0.15) is 0 Å². The lowest BCUT2D eigenvalue weighted by Crippen LogP contribution is -2.51. The topological polar surface area (TPSA) is 82.3 Å². The van der Waals surface area contributed by atoms with Crippen molar-refractivity contribution in [2.24, 2.45) is 5.92 Å². The van der Waals surface area contributed by atoms with Crippen LogP contribution >= 0.6 is 0 Å². The van der Waals surface area contributed by atoms with Crippen molar-refractivity contribution < 1.29 is 9.53 Å². The van der Waals surface area contributed by atoms with Crippen LogP contribution in [0.5, 0.6) is 5.75 Å². The fraction of sp³-hybridized carbons (Fsp3) is 0.556. The third-order valence-electron chi connectivity index (χ3n) is 5.25. The summed E-state index contributed by atoms with van der Waals surface area (Å²) >= 11 is 0. The summed E-state index contributed by atoms with van der Waals surface area (Å²) in [7, 11) is 1.65. The second-order valence-electron chi connectivity index (χ2n) is 6.96. The number of imidazole rings is 1. The lowest BCUT2D eigenvalue weighted by molar-refractivity contribution is 0.142. The van der Waals surface area contributed by atoms with Crippen molar-refractivity contribution in [1.29, 1.82) is 0 Å². The van der Waals surface area contributed by atoms with Crippen molar-refractivity contribution in [1.82, 2.24) is 25.5 Å². The van der Waals surface area contributed by atoms with E-state index in [0.29, 0.717) is 24.9 Å². The fourth-order valence-corrected chi connectivity index (χ4v) is 3.86. The number of piperidine rings is 1. The van der Waals surface area contributed by atoms with Crippen molar-refractivity contribution in [3.63, 3.8) is 0 Å². The third-order valence-corrected chi connectivity index (χ3v) is 5.25. The van der Waals surface area contributed by atoms with Gasteiger partial charge in [0.15, 0.2) is 0 Å². The van der Waals surface area contributed by atoms with Crippen LogP contribution in [0.4, 0.5) is 4.79 Å². The number of aromatic nitrogens is 2. The highest BCUT2D eigenvalue weighted by atomic mass is 16.5. The van der Waals surface area contributed by atoms with E-state index in [1.807, 2.05) is 23.1 Å². The van der Waals surface area contributed by atoms with E-state index < -0.39 is 0 Å². The molecule has 7 nitrogen and oxygen atoms in total. The Morgan fingerprint density at radius 2 is 2.32 bits per heavy atom. The summed E-state index contributed by atoms with van der Waals surface area (Å²) in [6.07, 6.45) is 3.02. The summed E-state index contributed by atoms with van der Waals surface area (Å²) in [5, 5.41) is 6.51. The number of carbonyl (C=O) groups excluding carboxylic acids is 1. The van der Waals surface area contributed by atoms with Crippen LogP contribution in [0.2, 0.25) is 0 Å². The molecule has 0 aliphatic carbocycles. The maximum Gasteiger partial charge on any atom is 0.317 e. The van der Waals surface area contributed by atoms with Crippen molar-refractivity contribution >= 4 is 17.1 Å². The first-order valence-electron chi connectivity index (χ1n) is 9.01. The predicted molar refractivity (Wildman–Crippen MR) is 95.8 cm³/mol. The van der Waals surface area contributed by atoms with Crippen LogP contribution in [0, 0.1) is 5.92 Å². The number of carbonyl (C=O) groups is 1. The molecular formula is C18H25N5O2. The zero-order valence-electron chi connectivity index (χ0n) is 14.5. The normalized spacial score (nSPS) is 22.8. The minimum atomic E-state index is 0.0520. The minimum Gasteiger partial charge on any atom is -0.497 e. The third kappa shape index (κ3) is 3.42. The van der Waals surface area contributed by atoms with Crippen LogP contribution in [0.3, 0.4) is 0 Å². The van der Waals surface area contributed by atoms with E-state index in [2.05, 4.69) is 20.6 Å². The number of aromatic amines is 1. The molecule has 0 spiro atoms. The number of hydrogen-bond acceptors (Lipinski definition) is 4. The molecule has 7 heteroatoms. The molecule has 3 saturated heterocycles. The lowest BCUT2D eigenvalue weighted by Gasteiger charge is -2.36. The number of benzene rings is 1. The number of amides is 2. The molecule has 3 aliphatic heterocycles. The standard InChI is InChI=1S/C18H25N5O2/c1-25-14-4-5-15-16(8-14)22-17(21-15)6-7-20-18(24)23-11-12-2-3-13(23)10-19-9-12/h4-5,8,12-13,19H,2-3,6-7,9-11H2,1H3,(H,20,24)(H,21,22)/t12-,13+/m1/s1. The van der Waals surface area contributed by atoms with Gasteiger partial charge in [0.2, 0.25) is 0 Å². The Bertz CT molecular complexity index is 755. The molecule has 2 aromatic rings. The molecule has 2 bridgehead atoms. The molecule has 1 aromatic carbocycles. The van der Waals surface area contributed by atoms with Gasteiger partial charge in [-0.3, -0.25) is 0 Å². The van der Waals surface area contributed by atoms with E-state index in [1.54, 1.807) is 7.11 Å². The second kappa shape index (κ2) is 6.92. The van der Waals surface area contributed by atoms with Gasteiger partial charge < -0.3 is 25.3 Å². The van der Waals surface area contributed by atoms with E-state index in [-0.39, 0.29) is 6.03 Å². The number of nitrogens with one attached hydrogen (secondary N) is 3. The minimum absolute atomic E-state index is 0.0520. The smallest absolute Gasteiger partial charge is 0.317 e. The molecule has 3 N–H and O–H groups in total. The fourth-order valence-electron chi connectivity index (χ4n) is 3.86. The molecule has 3 aliphatic rings. The molecule has 4 heterocycles. The van der Waals surface area contributed by atoms with Gasteiger partial charge in [-0.05, 0) is 37.4 Å². The van der Waals surface area contributed by atoms with Crippen molar-refractivity contribution in [3.05, 3.63) is 24.0 Å². The largest absolute Gasteiger partial charge is 0.497 e. The SMILES string of the molecule is COc1ccc2nc(CCNC(=O)N3C[C@@H]4CC[C@H]3CNC4)[nH]c2c1. The van der Waals surface area contributed by atoms with Gasteiger partial charge in [0, 0.05) is 38.2 Å². The number of fused-ring (bicyclic) bond motifs is 5. The summed E-state index contributed by atoms with van der Waals surface area (Å²) in [6, 6.07) is 6.16. The van der Waals surface area contributed by atoms with Gasteiger partial charge >= 0.3 is 6.03 Å². The predicted octanol–water partition coefficient (Wildman–Crippen LogP) is 1.51. The molecule has 5 rings (SSSR count). The molecule has 1 aromatic heterocycles. The van der Waals surface area contributed by atoms with Crippen molar-refractivity contribution in [3.8, 4) is 5.75 Å². The summed E-state index contributed by atoms with van der Waals surface area (Å²) in [5.41, 5.74) is 1.87. The highest BCUT2D eigenvalue weighted by Crippen LogP contribution is 2.24. The average Bonchev–Trinajstić information content (AvgIpc) is 2.78. The summed E-state index contributed by atoms with van der Waals surface area (Å²) in [4.78, 5) is 22.4. The van der Waals surface area contributed by atoms with Crippen LogP contribution in [0.1, 0.15) is 18.7 Å². The number of ether oxygens (including phenoxy) is 1. The number of urea groups is 1. The van der Waals surface area contributed by atoms with Crippen molar-refractivity contribution in [2.75, 3.05) is 33.3 Å². The van der Waals surface area contributed by atoms with Crippen molar-refractivity contribution in [2.45, 2.75) is 25.3 Å². The first-order chi connectivity index (χ1) is 12.2. The Morgan fingerprint density at radius 3 is 3.20 bits per heavy atom. The molecule has 3 fully saturated rings. The van der Waals surface area contributed by atoms with E-state index in [0.717, 1.165) is 48.7 Å². The molecular weight excluding hydrogens is 318 g/mol. The van der Waals surface area contributed by atoms with Gasteiger partial charge in [0.05, 0.1) is 18.1 Å². The zero-order chi connectivity index (χ0) is 17.2. The monoisotopic (exact) mass is 343 g/mol. The highest BCUT2D eigenvalue weighted by molar-refractivity contribution is 5.77. The van der Waals surface area contributed by atoms with Gasteiger partial charge in [-0.15, -0.1) is 0 Å². The first kappa shape index (κ1) is 16.2. The van der Waals surface area contributed by atoms with E-state index >= 15 is 0 Å². The number of rotatable bonds is 4. The van der Waals surface area contributed by atoms with Gasteiger partial charge in [0.1, 0.15) is 11.6 Å². The van der Waals surface area contributed by atoms with Crippen LogP contribution in [0.15, 0.2) is 18.2 Å². The van der Waals surface area contributed by atoms with Gasteiger partial charge in [-0.1, -0.05) is 0 Å². The second-order valence-corrected chi connectivity index (χ2v) is 6.96. The maximum atomic E-state index is 12.5. The van der Waals surface area contributed by atoms with E-state index in [4.69, 9.17) is 4.74 Å². The molecule has 0 saturated carbocycles. The number of methoxy groups -OCH3 is 1. The Morgan fingerprint density at radius 1 is 1.40 bits per heavy atom. The maximum absolute atomic E-state index is 12.5.